The van der Waals surface area contributed by atoms with Crippen LogP contribution < -0.4 is 10.6 Å². The van der Waals surface area contributed by atoms with Crippen LogP contribution in [0.15, 0.2) is 12.1 Å². The lowest BCUT2D eigenvalue weighted by Gasteiger charge is -2.28. The number of nitrogens with zero attached hydrogens (tertiary/aromatic N) is 1. The molecule has 2 atom stereocenters. The second kappa shape index (κ2) is 6.90. The van der Waals surface area contributed by atoms with Gasteiger partial charge in [0.25, 0.3) is 5.91 Å². The molecule has 2 N–H and O–H groups in total. The van der Waals surface area contributed by atoms with Crippen molar-refractivity contribution in [2.75, 3.05) is 18.5 Å². The van der Waals surface area contributed by atoms with E-state index >= 15 is 0 Å². The summed E-state index contributed by atoms with van der Waals surface area (Å²) in [5.41, 5.74) is 0.528. The van der Waals surface area contributed by atoms with Crippen molar-refractivity contribution in [3.05, 3.63) is 22.8 Å². The molecule has 1 saturated heterocycles. The molecular weight excluding hydrogens is 278 g/mol. The minimum atomic E-state index is -0.118. The molecule has 0 bridgehead atoms. The molecule has 5 nitrogen and oxygen atoms in total. The fourth-order valence-electron chi connectivity index (χ4n) is 2.30. The number of halogens is 1. The number of anilines is 1. The fraction of sp³-hybridized carbons (Fsp3) is 0.571. The molecular formula is C14H20ClN3O2. The molecule has 110 valence electrons. The van der Waals surface area contributed by atoms with E-state index in [0.717, 1.165) is 19.4 Å². The topological polar surface area (TPSA) is 63.2 Å². The van der Waals surface area contributed by atoms with Crippen molar-refractivity contribution in [1.82, 2.24) is 10.3 Å². The van der Waals surface area contributed by atoms with E-state index in [9.17, 15) is 4.79 Å². The van der Waals surface area contributed by atoms with Crippen molar-refractivity contribution in [3.63, 3.8) is 0 Å². The lowest BCUT2D eigenvalue weighted by atomic mass is 10.0. The summed E-state index contributed by atoms with van der Waals surface area (Å²) in [5.74, 6) is 0.498. The highest BCUT2D eigenvalue weighted by molar-refractivity contribution is 6.29. The van der Waals surface area contributed by atoms with Crippen LogP contribution in [0.4, 0.5) is 5.82 Å². The van der Waals surface area contributed by atoms with Crippen LogP contribution in [0.25, 0.3) is 0 Å². The van der Waals surface area contributed by atoms with E-state index in [0.29, 0.717) is 23.1 Å². The summed E-state index contributed by atoms with van der Waals surface area (Å²) < 4.78 is 5.47. The molecule has 1 amide bonds. The van der Waals surface area contributed by atoms with Gasteiger partial charge in [-0.15, -0.1) is 0 Å². The molecule has 6 heteroatoms. The van der Waals surface area contributed by atoms with E-state index in [1.165, 1.54) is 0 Å². The van der Waals surface area contributed by atoms with Crippen LogP contribution in [-0.4, -0.2) is 36.2 Å². The van der Waals surface area contributed by atoms with Gasteiger partial charge in [0.15, 0.2) is 0 Å². The molecule has 1 aromatic rings. The smallest absolute Gasteiger partial charge is 0.251 e. The molecule has 0 spiro atoms. The number of hydrogen-bond donors (Lipinski definition) is 2. The van der Waals surface area contributed by atoms with Crippen LogP contribution in [0.1, 0.15) is 37.0 Å². The van der Waals surface area contributed by atoms with Gasteiger partial charge in [0.2, 0.25) is 0 Å². The molecule has 2 unspecified atom stereocenters. The summed E-state index contributed by atoms with van der Waals surface area (Å²) in [4.78, 5) is 16.4. The van der Waals surface area contributed by atoms with Crippen LogP contribution in [0.2, 0.25) is 5.15 Å². The van der Waals surface area contributed by atoms with E-state index in [4.69, 9.17) is 16.3 Å². The Morgan fingerprint density at radius 3 is 3.05 bits per heavy atom. The zero-order valence-electron chi connectivity index (χ0n) is 11.8. The van der Waals surface area contributed by atoms with Gasteiger partial charge in [0.05, 0.1) is 6.10 Å². The second-order valence-electron chi connectivity index (χ2n) is 4.97. The molecule has 1 aliphatic rings. The number of rotatable bonds is 4. The van der Waals surface area contributed by atoms with Crippen LogP contribution in [-0.2, 0) is 4.74 Å². The molecule has 0 saturated carbocycles. The van der Waals surface area contributed by atoms with Gasteiger partial charge >= 0.3 is 0 Å². The Labute approximate surface area is 124 Å². The number of pyridine rings is 1. The van der Waals surface area contributed by atoms with Gasteiger partial charge in [0, 0.05) is 24.8 Å². The van der Waals surface area contributed by atoms with Crippen molar-refractivity contribution in [2.45, 2.75) is 38.8 Å². The largest absolute Gasteiger partial charge is 0.378 e. The highest BCUT2D eigenvalue weighted by Crippen LogP contribution is 2.17. The van der Waals surface area contributed by atoms with E-state index in [1.54, 1.807) is 12.1 Å². The number of carbonyl (C=O) groups is 1. The van der Waals surface area contributed by atoms with Gasteiger partial charge in [0.1, 0.15) is 11.0 Å². The first-order chi connectivity index (χ1) is 9.58. The van der Waals surface area contributed by atoms with Gasteiger partial charge in [-0.3, -0.25) is 4.79 Å². The number of amides is 1. The third-order valence-corrected chi connectivity index (χ3v) is 3.43. The standard InChI is InChI=1S/C14H20ClN3O2/c1-3-16-13-8-10(7-12(15)18-13)14(19)17-11-4-5-20-9(2)6-11/h7-9,11H,3-6H2,1-2H3,(H,16,18)(H,17,19). The monoisotopic (exact) mass is 297 g/mol. The molecule has 20 heavy (non-hydrogen) atoms. The predicted molar refractivity (Wildman–Crippen MR) is 79.3 cm³/mol. The van der Waals surface area contributed by atoms with Gasteiger partial charge in [-0.25, -0.2) is 4.98 Å². The Balaban J connectivity index is 2.04. The summed E-state index contributed by atoms with van der Waals surface area (Å²) in [6.45, 7) is 5.40. The SMILES string of the molecule is CCNc1cc(C(=O)NC2CCOC(C)C2)cc(Cl)n1. The molecule has 1 aliphatic heterocycles. The highest BCUT2D eigenvalue weighted by atomic mass is 35.5. The molecule has 0 radical (unpaired) electrons. The zero-order chi connectivity index (χ0) is 14.5. The van der Waals surface area contributed by atoms with Crippen molar-refractivity contribution in [3.8, 4) is 0 Å². The second-order valence-corrected chi connectivity index (χ2v) is 5.36. The summed E-state index contributed by atoms with van der Waals surface area (Å²) in [5, 5.41) is 6.40. The lowest BCUT2D eigenvalue weighted by Crippen LogP contribution is -2.41. The number of ether oxygens (including phenoxy) is 1. The van der Waals surface area contributed by atoms with Gasteiger partial charge in [-0.1, -0.05) is 11.6 Å². The summed E-state index contributed by atoms with van der Waals surface area (Å²) in [6, 6.07) is 3.45. The summed E-state index contributed by atoms with van der Waals surface area (Å²) in [7, 11) is 0. The Bertz CT molecular complexity index is 481. The predicted octanol–water partition coefficient (Wildman–Crippen LogP) is 2.46. The van der Waals surface area contributed by atoms with Crippen molar-refractivity contribution < 1.29 is 9.53 Å². The minimum Gasteiger partial charge on any atom is -0.378 e. The number of nitrogens with one attached hydrogen (secondary N) is 2. The average Bonchev–Trinajstić information content (AvgIpc) is 2.38. The normalized spacial score (nSPS) is 22.4. The Morgan fingerprint density at radius 2 is 2.35 bits per heavy atom. The van der Waals surface area contributed by atoms with Gasteiger partial charge in [-0.05, 0) is 38.8 Å². The van der Waals surface area contributed by atoms with Crippen LogP contribution in [0.3, 0.4) is 0 Å². The first kappa shape index (κ1) is 15.1. The minimum absolute atomic E-state index is 0.118. The highest BCUT2D eigenvalue weighted by Gasteiger charge is 2.21. The number of hydrogen-bond acceptors (Lipinski definition) is 4. The molecule has 0 aliphatic carbocycles. The molecule has 2 heterocycles. The van der Waals surface area contributed by atoms with Crippen LogP contribution >= 0.6 is 11.6 Å². The molecule has 0 aromatic carbocycles. The number of aromatic nitrogens is 1. The van der Waals surface area contributed by atoms with E-state index in [-0.39, 0.29) is 18.1 Å². The first-order valence-electron chi connectivity index (χ1n) is 6.92. The number of carbonyl (C=O) groups excluding carboxylic acids is 1. The van der Waals surface area contributed by atoms with Crippen molar-refractivity contribution in [1.29, 1.82) is 0 Å². The summed E-state index contributed by atoms with van der Waals surface area (Å²) in [6.07, 6.45) is 1.87. The summed E-state index contributed by atoms with van der Waals surface area (Å²) >= 11 is 5.94. The lowest BCUT2D eigenvalue weighted by molar-refractivity contribution is 0.0136. The molecule has 2 rings (SSSR count). The molecule has 1 fully saturated rings. The Morgan fingerprint density at radius 1 is 1.55 bits per heavy atom. The maximum absolute atomic E-state index is 12.3. The van der Waals surface area contributed by atoms with Gasteiger partial charge < -0.3 is 15.4 Å². The van der Waals surface area contributed by atoms with Crippen LogP contribution in [0.5, 0.6) is 0 Å². The Hall–Kier alpha value is -1.33. The average molecular weight is 298 g/mol. The Kier molecular flexibility index (Phi) is 5.20. The van der Waals surface area contributed by atoms with Crippen molar-refractivity contribution >= 4 is 23.3 Å². The maximum atomic E-state index is 12.3. The van der Waals surface area contributed by atoms with E-state index in [2.05, 4.69) is 15.6 Å². The zero-order valence-corrected chi connectivity index (χ0v) is 12.5. The molecule has 1 aromatic heterocycles. The third-order valence-electron chi connectivity index (χ3n) is 3.23. The quantitative estimate of drug-likeness (QED) is 0.838. The van der Waals surface area contributed by atoms with E-state index in [1.807, 2.05) is 13.8 Å². The van der Waals surface area contributed by atoms with Gasteiger partial charge in [-0.2, -0.15) is 0 Å². The van der Waals surface area contributed by atoms with Crippen LogP contribution in [0, 0.1) is 0 Å². The van der Waals surface area contributed by atoms with E-state index < -0.39 is 0 Å². The third kappa shape index (κ3) is 4.08. The van der Waals surface area contributed by atoms with Crippen molar-refractivity contribution in [2.24, 2.45) is 0 Å². The first-order valence-corrected chi connectivity index (χ1v) is 7.30. The fourth-order valence-corrected chi connectivity index (χ4v) is 2.51. The maximum Gasteiger partial charge on any atom is 0.251 e.